The Kier molecular flexibility index (Phi) is 4.53. The van der Waals surface area contributed by atoms with Gasteiger partial charge in [0.05, 0.1) is 33.8 Å². The fraction of sp³-hybridized carbons (Fsp3) is 0.211. The highest BCUT2D eigenvalue weighted by Gasteiger charge is 2.38. The first-order chi connectivity index (χ1) is 13.0. The number of fused-ring (bicyclic) bond motifs is 2. The third kappa shape index (κ3) is 3.15. The van der Waals surface area contributed by atoms with Crippen LogP contribution >= 0.6 is 23.2 Å². The predicted molar refractivity (Wildman–Crippen MR) is 99.3 cm³/mol. The predicted octanol–water partition coefficient (Wildman–Crippen LogP) is 3.23. The van der Waals surface area contributed by atoms with Crippen molar-refractivity contribution < 1.29 is 19.1 Å². The molecule has 8 heteroatoms. The SMILES string of the molecule is O=C(CN1C(=O)c2cc(Cl)c(Cl)cc2C1=O)N[C@H]1CCOc2ccccc21. The molecule has 2 heterocycles. The van der Waals surface area contributed by atoms with Crippen molar-refractivity contribution >= 4 is 40.9 Å². The number of ether oxygens (including phenoxy) is 1. The number of carbonyl (C=O) groups is 3. The molecular formula is C19H14Cl2N2O4. The van der Waals surface area contributed by atoms with E-state index in [9.17, 15) is 14.4 Å². The van der Waals surface area contributed by atoms with Gasteiger partial charge < -0.3 is 10.1 Å². The molecule has 2 aromatic rings. The summed E-state index contributed by atoms with van der Waals surface area (Å²) < 4.78 is 5.57. The monoisotopic (exact) mass is 404 g/mol. The molecule has 1 atom stereocenters. The van der Waals surface area contributed by atoms with E-state index in [4.69, 9.17) is 27.9 Å². The Morgan fingerprint density at radius 2 is 1.74 bits per heavy atom. The Morgan fingerprint density at radius 1 is 1.11 bits per heavy atom. The van der Waals surface area contributed by atoms with Crippen molar-refractivity contribution in [2.24, 2.45) is 0 Å². The third-order valence-corrected chi connectivity index (χ3v) is 5.33. The van der Waals surface area contributed by atoms with E-state index in [0.717, 1.165) is 16.2 Å². The molecule has 3 amide bonds. The number of hydrogen-bond acceptors (Lipinski definition) is 4. The molecule has 0 radical (unpaired) electrons. The van der Waals surface area contributed by atoms with E-state index in [1.807, 2.05) is 24.3 Å². The van der Waals surface area contributed by atoms with Gasteiger partial charge in [0, 0.05) is 12.0 Å². The Hall–Kier alpha value is -2.57. The van der Waals surface area contributed by atoms with E-state index in [0.29, 0.717) is 13.0 Å². The minimum atomic E-state index is -0.559. The molecule has 6 nitrogen and oxygen atoms in total. The number of hydrogen-bond donors (Lipinski definition) is 1. The van der Waals surface area contributed by atoms with Crippen molar-refractivity contribution in [1.82, 2.24) is 10.2 Å². The number of carbonyl (C=O) groups excluding carboxylic acids is 3. The quantitative estimate of drug-likeness (QED) is 0.796. The standard InChI is InChI=1S/C19H14Cl2N2O4/c20-13-7-11-12(8-14(13)21)19(26)23(18(11)25)9-17(24)22-15-5-6-27-16-4-2-1-3-10(15)16/h1-4,7-8,15H,5-6,9H2,(H,22,24)/t15-/m0/s1. The maximum atomic E-state index is 12.5. The van der Waals surface area contributed by atoms with Gasteiger partial charge in [-0.1, -0.05) is 41.4 Å². The van der Waals surface area contributed by atoms with Crippen LogP contribution in [-0.4, -0.2) is 35.8 Å². The van der Waals surface area contributed by atoms with E-state index in [2.05, 4.69) is 5.32 Å². The van der Waals surface area contributed by atoms with E-state index in [1.165, 1.54) is 12.1 Å². The maximum absolute atomic E-state index is 12.5. The summed E-state index contributed by atoms with van der Waals surface area (Å²) in [6, 6.07) is 9.92. The maximum Gasteiger partial charge on any atom is 0.262 e. The lowest BCUT2D eigenvalue weighted by molar-refractivity contribution is -0.122. The zero-order chi connectivity index (χ0) is 19.1. The minimum Gasteiger partial charge on any atom is -0.493 e. The summed E-state index contributed by atoms with van der Waals surface area (Å²) >= 11 is 11.9. The number of rotatable bonds is 3. The summed E-state index contributed by atoms with van der Waals surface area (Å²) in [4.78, 5) is 38.4. The van der Waals surface area contributed by atoms with Gasteiger partial charge in [0.1, 0.15) is 12.3 Å². The van der Waals surface area contributed by atoms with Crippen LogP contribution in [0.25, 0.3) is 0 Å². The summed E-state index contributed by atoms with van der Waals surface area (Å²) in [6.45, 7) is 0.104. The van der Waals surface area contributed by atoms with Crippen LogP contribution in [0.15, 0.2) is 36.4 Å². The van der Waals surface area contributed by atoms with Gasteiger partial charge in [0.15, 0.2) is 0 Å². The molecule has 1 N–H and O–H groups in total. The first-order valence-corrected chi connectivity index (χ1v) is 9.07. The first-order valence-electron chi connectivity index (χ1n) is 8.32. The molecular weight excluding hydrogens is 391 g/mol. The van der Waals surface area contributed by atoms with Gasteiger partial charge in [-0.3, -0.25) is 19.3 Å². The average molecular weight is 405 g/mol. The molecule has 2 aromatic carbocycles. The Morgan fingerprint density at radius 3 is 2.41 bits per heavy atom. The molecule has 4 rings (SSSR count). The summed E-state index contributed by atoms with van der Waals surface area (Å²) in [5.74, 6) is -0.824. The third-order valence-electron chi connectivity index (χ3n) is 4.61. The molecule has 0 unspecified atom stereocenters. The lowest BCUT2D eigenvalue weighted by Crippen LogP contribution is -2.42. The molecule has 0 aliphatic carbocycles. The number of halogens is 2. The van der Waals surface area contributed by atoms with Crippen molar-refractivity contribution in [3.8, 4) is 5.75 Å². The topological polar surface area (TPSA) is 75.7 Å². The molecule has 0 fully saturated rings. The number of para-hydroxylation sites is 1. The van der Waals surface area contributed by atoms with Crippen LogP contribution in [0.4, 0.5) is 0 Å². The molecule has 138 valence electrons. The minimum absolute atomic E-state index is 0.151. The highest BCUT2D eigenvalue weighted by atomic mass is 35.5. The molecule has 0 saturated carbocycles. The summed E-state index contributed by atoms with van der Waals surface area (Å²) in [7, 11) is 0. The normalized spacial score (nSPS) is 18.0. The zero-order valence-corrected chi connectivity index (χ0v) is 15.5. The van der Waals surface area contributed by atoms with Crippen molar-refractivity contribution in [2.45, 2.75) is 12.5 Å². The van der Waals surface area contributed by atoms with Crippen LogP contribution in [-0.2, 0) is 4.79 Å². The van der Waals surface area contributed by atoms with Gasteiger partial charge in [-0.2, -0.15) is 0 Å². The van der Waals surface area contributed by atoms with Crippen LogP contribution in [0.1, 0.15) is 38.7 Å². The lowest BCUT2D eigenvalue weighted by atomic mass is 10.0. The lowest BCUT2D eigenvalue weighted by Gasteiger charge is -2.27. The molecule has 2 aliphatic rings. The number of nitrogens with one attached hydrogen (secondary N) is 1. The van der Waals surface area contributed by atoms with Crippen molar-refractivity contribution in [1.29, 1.82) is 0 Å². The van der Waals surface area contributed by atoms with Gasteiger partial charge in [-0.05, 0) is 18.2 Å². The first kappa shape index (κ1) is 17.8. The van der Waals surface area contributed by atoms with Gasteiger partial charge in [0.25, 0.3) is 11.8 Å². The van der Waals surface area contributed by atoms with Gasteiger partial charge in [0.2, 0.25) is 5.91 Å². The van der Waals surface area contributed by atoms with Crippen molar-refractivity contribution in [2.75, 3.05) is 13.2 Å². The average Bonchev–Trinajstić information content (AvgIpc) is 2.87. The smallest absolute Gasteiger partial charge is 0.262 e. The van der Waals surface area contributed by atoms with Gasteiger partial charge in [-0.15, -0.1) is 0 Å². The van der Waals surface area contributed by atoms with E-state index < -0.39 is 17.7 Å². The molecule has 2 aliphatic heterocycles. The van der Waals surface area contributed by atoms with Crippen LogP contribution in [0.5, 0.6) is 5.75 Å². The van der Waals surface area contributed by atoms with Crippen LogP contribution in [0, 0.1) is 0 Å². The number of imide groups is 1. The molecule has 0 aromatic heterocycles. The Balaban J connectivity index is 1.50. The zero-order valence-electron chi connectivity index (χ0n) is 14.0. The summed E-state index contributed by atoms with van der Waals surface area (Å²) in [6.07, 6.45) is 0.607. The van der Waals surface area contributed by atoms with Gasteiger partial charge >= 0.3 is 0 Å². The highest BCUT2D eigenvalue weighted by Crippen LogP contribution is 2.33. The number of amides is 3. The Bertz CT molecular complexity index is 935. The largest absolute Gasteiger partial charge is 0.493 e. The van der Waals surface area contributed by atoms with E-state index in [-0.39, 0.29) is 33.8 Å². The van der Waals surface area contributed by atoms with E-state index in [1.54, 1.807) is 0 Å². The highest BCUT2D eigenvalue weighted by molar-refractivity contribution is 6.43. The molecule has 27 heavy (non-hydrogen) atoms. The van der Waals surface area contributed by atoms with Crippen LogP contribution in [0.3, 0.4) is 0 Å². The summed E-state index contributed by atoms with van der Waals surface area (Å²) in [5.41, 5.74) is 1.18. The molecule has 0 spiro atoms. The van der Waals surface area contributed by atoms with Crippen LogP contribution < -0.4 is 10.1 Å². The second-order valence-electron chi connectivity index (χ2n) is 6.30. The molecule has 0 bridgehead atoms. The second kappa shape index (κ2) is 6.87. The number of nitrogens with zero attached hydrogens (tertiary/aromatic N) is 1. The number of benzene rings is 2. The van der Waals surface area contributed by atoms with Gasteiger partial charge in [-0.25, -0.2) is 0 Å². The fourth-order valence-electron chi connectivity index (χ4n) is 3.30. The van der Waals surface area contributed by atoms with Crippen LogP contribution in [0.2, 0.25) is 10.0 Å². The fourth-order valence-corrected chi connectivity index (χ4v) is 3.63. The van der Waals surface area contributed by atoms with Crippen molar-refractivity contribution in [3.63, 3.8) is 0 Å². The van der Waals surface area contributed by atoms with E-state index >= 15 is 0 Å². The Labute approximate surface area is 165 Å². The van der Waals surface area contributed by atoms with Crippen molar-refractivity contribution in [3.05, 3.63) is 63.1 Å². The molecule has 0 saturated heterocycles. The summed E-state index contributed by atoms with van der Waals surface area (Å²) in [5, 5.41) is 3.24. The second-order valence-corrected chi connectivity index (χ2v) is 7.12.